The predicted octanol–water partition coefficient (Wildman–Crippen LogP) is 8.60. The number of ether oxygens (including phenoxy) is 2. The van der Waals surface area contributed by atoms with Crippen LogP contribution in [-0.4, -0.2) is 26.5 Å². The van der Waals surface area contributed by atoms with E-state index in [-0.39, 0.29) is 0 Å². The van der Waals surface area contributed by atoms with Gasteiger partial charge in [-0.25, -0.2) is 0 Å². The van der Waals surface area contributed by atoms with Gasteiger partial charge in [0.2, 0.25) is 0 Å². The van der Waals surface area contributed by atoms with Crippen molar-refractivity contribution in [3.05, 3.63) is 158 Å². The molecule has 0 fully saturated rings. The zero-order valence-electron chi connectivity index (χ0n) is 25.1. The zero-order valence-corrected chi connectivity index (χ0v) is 26.9. The second-order valence-corrected chi connectivity index (χ2v) is 15.1. The highest BCUT2D eigenvalue weighted by atomic mass is 31.1. The van der Waals surface area contributed by atoms with E-state index in [0.29, 0.717) is 0 Å². The van der Waals surface area contributed by atoms with Crippen molar-refractivity contribution in [2.45, 2.75) is 0 Å². The molecule has 0 aromatic heterocycles. The highest BCUT2D eigenvalue weighted by Gasteiger charge is 2.24. The number of methoxy groups -OCH3 is 2. The molecule has 0 aliphatic rings. The molecule has 0 N–H and O–H groups in total. The van der Waals surface area contributed by atoms with Crippen molar-refractivity contribution >= 4 is 37.1 Å². The molecule has 6 aromatic carbocycles. The molecule has 4 heteroatoms. The summed E-state index contributed by atoms with van der Waals surface area (Å²) in [6, 6.07) is 56.6. The molecular weight excluding hydrogens is 574 g/mol. The van der Waals surface area contributed by atoms with Crippen molar-refractivity contribution < 1.29 is 9.47 Å². The van der Waals surface area contributed by atoms with Crippen molar-refractivity contribution in [2.24, 2.45) is 0 Å². The van der Waals surface area contributed by atoms with Crippen molar-refractivity contribution in [1.82, 2.24) is 0 Å². The minimum Gasteiger partial charge on any atom is -0.496 e. The first-order chi connectivity index (χ1) is 21.7. The van der Waals surface area contributed by atoms with Crippen LogP contribution in [0.15, 0.2) is 158 Å². The summed E-state index contributed by atoms with van der Waals surface area (Å²) in [5, 5.41) is 5.28. The third kappa shape index (κ3) is 6.79. The van der Waals surface area contributed by atoms with E-state index in [9.17, 15) is 0 Å². The Morgan fingerprint density at radius 2 is 0.750 bits per heavy atom. The lowest BCUT2D eigenvalue weighted by atomic mass is 10.1. The maximum absolute atomic E-state index is 5.94. The Bertz CT molecular complexity index is 1670. The van der Waals surface area contributed by atoms with Gasteiger partial charge in [-0.2, -0.15) is 0 Å². The zero-order chi connectivity index (χ0) is 30.1. The molecule has 6 aromatic rings. The Hall–Kier alpha value is -4.22. The second-order valence-electron chi connectivity index (χ2n) is 10.5. The average Bonchev–Trinajstić information content (AvgIpc) is 3.11. The van der Waals surface area contributed by atoms with Gasteiger partial charge in [0.25, 0.3) is 0 Å². The van der Waals surface area contributed by atoms with Gasteiger partial charge in [0.1, 0.15) is 11.5 Å². The second kappa shape index (κ2) is 14.5. The molecule has 0 aliphatic heterocycles. The molecular formula is C40H36O2P2. The van der Waals surface area contributed by atoms with Crippen LogP contribution in [0.25, 0.3) is 22.3 Å². The van der Waals surface area contributed by atoms with Crippen molar-refractivity contribution in [3.63, 3.8) is 0 Å². The van der Waals surface area contributed by atoms with Gasteiger partial charge in [0.05, 0.1) is 14.2 Å². The normalized spacial score (nSPS) is 12.3. The molecule has 44 heavy (non-hydrogen) atoms. The van der Waals surface area contributed by atoms with E-state index in [2.05, 4.69) is 158 Å². The highest BCUT2D eigenvalue weighted by molar-refractivity contribution is 7.76. The Labute approximate surface area is 263 Å². The predicted molar refractivity (Wildman–Crippen MR) is 192 cm³/mol. The van der Waals surface area contributed by atoms with Gasteiger partial charge in [-0.05, 0) is 85.3 Å². The van der Waals surface area contributed by atoms with Crippen LogP contribution in [0.1, 0.15) is 0 Å². The van der Waals surface area contributed by atoms with Gasteiger partial charge in [0, 0.05) is 10.6 Å². The third-order valence-corrected chi connectivity index (χ3v) is 13.2. The lowest BCUT2D eigenvalue weighted by Crippen LogP contribution is -2.21. The number of benzene rings is 6. The summed E-state index contributed by atoms with van der Waals surface area (Å²) < 4.78 is 11.9. The van der Waals surface area contributed by atoms with Gasteiger partial charge in [-0.15, -0.1) is 0 Å². The lowest BCUT2D eigenvalue weighted by Gasteiger charge is -2.26. The number of rotatable bonds is 11. The number of hydrogen-bond acceptors (Lipinski definition) is 2. The molecule has 0 radical (unpaired) electrons. The molecule has 2 atom stereocenters. The maximum Gasteiger partial charge on any atom is 0.126 e. The topological polar surface area (TPSA) is 18.5 Å². The van der Waals surface area contributed by atoms with E-state index in [4.69, 9.17) is 9.47 Å². The average molecular weight is 611 g/mol. The van der Waals surface area contributed by atoms with Crippen LogP contribution in [0.3, 0.4) is 0 Å². The van der Waals surface area contributed by atoms with Gasteiger partial charge < -0.3 is 9.47 Å². The van der Waals surface area contributed by atoms with E-state index in [1.165, 1.54) is 43.5 Å². The molecule has 0 heterocycles. The van der Waals surface area contributed by atoms with Crippen LogP contribution in [-0.2, 0) is 0 Å². The first-order valence-corrected chi connectivity index (χ1v) is 17.9. The molecule has 0 aliphatic carbocycles. The van der Waals surface area contributed by atoms with Crippen LogP contribution in [0.5, 0.6) is 11.5 Å². The molecule has 0 spiro atoms. The van der Waals surface area contributed by atoms with Gasteiger partial charge in [0.15, 0.2) is 0 Å². The number of para-hydroxylation sites is 2. The van der Waals surface area contributed by atoms with E-state index < -0.39 is 15.8 Å². The van der Waals surface area contributed by atoms with Crippen LogP contribution in [0.2, 0.25) is 0 Å². The molecule has 218 valence electrons. The summed E-state index contributed by atoms with van der Waals surface area (Å²) in [4.78, 5) is 0. The van der Waals surface area contributed by atoms with Crippen LogP contribution in [0.4, 0.5) is 0 Å². The van der Waals surface area contributed by atoms with Crippen LogP contribution >= 0.6 is 15.8 Å². The SMILES string of the molecule is COc1ccccc1P(CCP(c1cccc(-c2ccccc2)c1)c1ccccc1OC)c1cccc(-c2ccccc2)c1. The first-order valence-electron chi connectivity index (χ1n) is 14.9. The first kappa shape index (κ1) is 29.8. The van der Waals surface area contributed by atoms with Crippen LogP contribution in [0, 0.1) is 0 Å². The van der Waals surface area contributed by atoms with E-state index in [1.54, 1.807) is 14.2 Å². The smallest absolute Gasteiger partial charge is 0.126 e. The Balaban J connectivity index is 1.42. The molecule has 0 saturated carbocycles. The van der Waals surface area contributed by atoms with Gasteiger partial charge in [-0.3, -0.25) is 0 Å². The lowest BCUT2D eigenvalue weighted by molar-refractivity contribution is 0.418. The van der Waals surface area contributed by atoms with E-state index in [1.807, 2.05) is 0 Å². The Morgan fingerprint density at radius 1 is 0.386 bits per heavy atom. The van der Waals surface area contributed by atoms with Gasteiger partial charge >= 0.3 is 0 Å². The highest BCUT2D eigenvalue weighted by Crippen LogP contribution is 2.45. The summed E-state index contributed by atoms with van der Waals surface area (Å²) in [6.45, 7) is 0. The largest absolute Gasteiger partial charge is 0.496 e. The molecule has 0 bridgehead atoms. The van der Waals surface area contributed by atoms with E-state index in [0.717, 1.165) is 23.8 Å². The molecule has 0 amide bonds. The monoisotopic (exact) mass is 610 g/mol. The van der Waals surface area contributed by atoms with Crippen LogP contribution < -0.4 is 30.7 Å². The molecule has 0 saturated heterocycles. The summed E-state index contributed by atoms with van der Waals surface area (Å²) in [5.41, 5.74) is 4.96. The van der Waals surface area contributed by atoms with Crippen molar-refractivity contribution in [1.29, 1.82) is 0 Å². The third-order valence-electron chi connectivity index (χ3n) is 7.83. The fourth-order valence-corrected chi connectivity index (χ4v) is 11.3. The summed E-state index contributed by atoms with van der Waals surface area (Å²) in [5.74, 6) is 1.91. The minimum atomic E-state index is -0.712. The fourth-order valence-electron chi connectivity index (χ4n) is 5.65. The molecule has 6 rings (SSSR count). The number of hydrogen-bond donors (Lipinski definition) is 0. The van der Waals surface area contributed by atoms with Crippen molar-refractivity contribution in [3.8, 4) is 33.8 Å². The van der Waals surface area contributed by atoms with Crippen molar-refractivity contribution in [2.75, 3.05) is 26.5 Å². The minimum absolute atomic E-state index is 0.712. The summed E-state index contributed by atoms with van der Waals surface area (Å²) >= 11 is 0. The fraction of sp³-hybridized carbons (Fsp3) is 0.100. The Morgan fingerprint density at radius 3 is 1.16 bits per heavy atom. The maximum atomic E-state index is 5.94. The molecule has 2 unspecified atom stereocenters. The van der Waals surface area contributed by atoms with E-state index >= 15 is 0 Å². The Kier molecular flexibility index (Phi) is 9.83. The quantitative estimate of drug-likeness (QED) is 0.137. The van der Waals surface area contributed by atoms with Gasteiger partial charge in [-0.1, -0.05) is 133 Å². The standard InChI is InChI=1S/C40H36O2P2/c1-41-37-23-9-11-25-39(37)43(35-21-13-19-33(29-35)31-15-5-3-6-16-31)27-28-44(40-26-12-10-24-38(40)42-2)36-22-14-20-34(30-36)32-17-7-4-8-18-32/h3-26,29-30H,27-28H2,1-2H3. The molecule has 2 nitrogen and oxygen atoms in total. The summed E-state index contributed by atoms with van der Waals surface area (Å²) in [7, 11) is 2.14. The summed E-state index contributed by atoms with van der Waals surface area (Å²) in [6.07, 6.45) is 2.04.